The third-order valence-corrected chi connectivity index (χ3v) is 12.9. The topological polar surface area (TPSA) is 267 Å². The Labute approximate surface area is 304 Å². The van der Waals surface area contributed by atoms with Gasteiger partial charge in [0.25, 0.3) is 15.9 Å². The minimum Gasteiger partial charge on any atom is -0.451 e. The summed E-state index contributed by atoms with van der Waals surface area (Å²) < 4.78 is 82.1. The molecule has 0 bridgehead atoms. The molecule has 0 fully saturated rings. The summed E-state index contributed by atoms with van der Waals surface area (Å²) in [6, 6.07) is 0.750. The van der Waals surface area contributed by atoms with Crippen LogP contribution in [0.1, 0.15) is 80.3 Å². The highest BCUT2D eigenvalue weighted by atomic mass is 32.3. The fourth-order valence-corrected chi connectivity index (χ4v) is 9.37. The van der Waals surface area contributed by atoms with Crippen LogP contribution in [0.2, 0.25) is 0 Å². The molecule has 22 heteroatoms. The molecular formula is C30H42N2O17S3. The molecule has 2 rings (SSSR count). The Kier molecular flexibility index (Phi) is 15.3. The number of ether oxygens (including phenoxy) is 6. The quantitative estimate of drug-likeness (QED) is 0.169. The normalized spacial score (nSPS) is 19.9. The van der Waals surface area contributed by atoms with Gasteiger partial charge in [-0.3, -0.25) is 9.59 Å². The Balaban J connectivity index is 1.92. The van der Waals surface area contributed by atoms with E-state index in [9.17, 15) is 50.4 Å². The zero-order chi connectivity index (χ0) is 39.9. The first-order valence-electron chi connectivity index (χ1n) is 15.8. The predicted molar refractivity (Wildman–Crippen MR) is 176 cm³/mol. The van der Waals surface area contributed by atoms with Crippen molar-refractivity contribution in [2.75, 3.05) is 6.54 Å². The molecule has 2 N–H and O–H groups in total. The number of hydrogen-bond acceptors (Lipinski definition) is 19. The van der Waals surface area contributed by atoms with Gasteiger partial charge in [0.05, 0.1) is 5.25 Å². The number of thiophene rings is 1. The number of carbonyl (C=O) groups excluding carboxylic acids is 7. The first-order valence-corrected chi connectivity index (χ1v) is 19.6. The van der Waals surface area contributed by atoms with E-state index in [1.807, 2.05) is 6.92 Å². The summed E-state index contributed by atoms with van der Waals surface area (Å²) in [5, 5.41) is 2.35. The van der Waals surface area contributed by atoms with Crippen LogP contribution in [0.15, 0.2) is 14.5 Å². The lowest BCUT2D eigenvalue weighted by molar-refractivity contribution is -0.187. The third kappa shape index (κ3) is 11.4. The van der Waals surface area contributed by atoms with E-state index in [1.165, 1.54) is 19.9 Å². The zero-order valence-electron chi connectivity index (χ0n) is 29.8. The van der Waals surface area contributed by atoms with Crippen molar-refractivity contribution >= 4 is 72.9 Å². The molecule has 0 aromatic carbocycles. The molecule has 0 saturated heterocycles. The SMILES string of the molecule is CCN[C@H]1C[C@H](C)S(=O)(=O)c2sc(S(=O)(=O)NC(=O)[C@H](C)OC(=O)[C@H](C)OC(=O)[C@H](C)OC(=O)[C@H](C)OC(=O)[C@H](C)OC(=O)[C@H](C)OC(C)=O)cc21. The molecule has 0 saturated carbocycles. The Morgan fingerprint density at radius 1 is 0.750 bits per heavy atom. The third-order valence-electron chi connectivity index (χ3n) is 7.22. The number of fused-ring (bicyclic) bond motifs is 1. The number of carbonyl (C=O) groups is 7. The fourth-order valence-electron chi connectivity index (χ4n) is 4.33. The van der Waals surface area contributed by atoms with Crippen LogP contribution in [0.25, 0.3) is 0 Å². The summed E-state index contributed by atoms with van der Waals surface area (Å²) in [5.74, 6) is -8.01. The van der Waals surface area contributed by atoms with Crippen molar-refractivity contribution in [2.24, 2.45) is 0 Å². The average molecular weight is 799 g/mol. The van der Waals surface area contributed by atoms with Crippen LogP contribution in [0.3, 0.4) is 0 Å². The lowest BCUT2D eigenvalue weighted by Crippen LogP contribution is -2.41. The van der Waals surface area contributed by atoms with E-state index in [0.717, 1.165) is 41.5 Å². The van der Waals surface area contributed by atoms with Gasteiger partial charge in [-0.2, -0.15) is 0 Å². The van der Waals surface area contributed by atoms with Gasteiger partial charge in [0.15, 0.2) is 46.5 Å². The van der Waals surface area contributed by atoms with Crippen molar-refractivity contribution in [1.82, 2.24) is 10.0 Å². The molecule has 292 valence electrons. The van der Waals surface area contributed by atoms with Crippen molar-refractivity contribution in [3.63, 3.8) is 0 Å². The van der Waals surface area contributed by atoms with Gasteiger partial charge in [0.1, 0.15) is 8.42 Å². The molecular weight excluding hydrogens is 757 g/mol. The average Bonchev–Trinajstić information content (AvgIpc) is 3.51. The summed E-state index contributed by atoms with van der Waals surface area (Å²) in [4.78, 5) is 85.2. The maximum Gasteiger partial charge on any atom is 0.347 e. The zero-order valence-corrected chi connectivity index (χ0v) is 32.2. The van der Waals surface area contributed by atoms with Crippen LogP contribution < -0.4 is 10.0 Å². The summed E-state index contributed by atoms with van der Waals surface area (Å²) in [6.07, 6.45) is -9.27. The van der Waals surface area contributed by atoms with E-state index in [4.69, 9.17) is 23.7 Å². The lowest BCUT2D eigenvalue weighted by atomic mass is 10.1. The molecule has 0 radical (unpaired) electrons. The van der Waals surface area contributed by atoms with E-state index in [1.54, 1.807) is 4.72 Å². The van der Waals surface area contributed by atoms with Crippen molar-refractivity contribution in [1.29, 1.82) is 0 Å². The maximum absolute atomic E-state index is 13.0. The number of esters is 6. The lowest BCUT2D eigenvalue weighted by Gasteiger charge is -2.27. The van der Waals surface area contributed by atoms with E-state index in [-0.39, 0.29) is 16.2 Å². The molecule has 8 atom stereocenters. The first kappa shape index (κ1) is 44.0. The second-order valence-electron chi connectivity index (χ2n) is 11.6. The number of sulfone groups is 1. The predicted octanol–water partition coefficient (Wildman–Crippen LogP) is 0.380. The number of nitrogens with one attached hydrogen (secondary N) is 2. The van der Waals surface area contributed by atoms with Crippen LogP contribution in [0, 0.1) is 0 Å². The van der Waals surface area contributed by atoms with Gasteiger partial charge in [-0.15, -0.1) is 11.3 Å². The highest BCUT2D eigenvalue weighted by Gasteiger charge is 2.40. The molecule has 52 heavy (non-hydrogen) atoms. The molecule has 0 spiro atoms. The van der Waals surface area contributed by atoms with Crippen molar-refractivity contribution in [2.45, 2.75) is 125 Å². The highest BCUT2D eigenvalue weighted by molar-refractivity contribution is 7.95. The van der Waals surface area contributed by atoms with Crippen LogP contribution >= 0.6 is 11.3 Å². The van der Waals surface area contributed by atoms with Crippen molar-refractivity contribution in [3.8, 4) is 0 Å². The fraction of sp³-hybridized carbons (Fsp3) is 0.633. The minimum absolute atomic E-state index is 0.128. The number of sulfonamides is 1. The molecule has 0 unspecified atom stereocenters. The standard InChI is InChI=1S/C30H42N2O17S3/c1-10-31-22-11-13(2)51(40,41)30-21(22)12-23(50-30)52(42,43)32-24(34)14(3)45-26(36)16(5)47-28(38)18(7)49-29(39)19(8)48-27(37)17(6)46-25(35)15(4)44-20(9)33/h12-19,22,31H,10-11H2,1-9H3,(H,32,34)/t13-,14-,15-,16-,17-,18-,19-,22-/m0/s1. The monoisotopic (exact) mass is 798 g/mol. The van der Waals surface area contributed by atoms with Crippen LogP contribution in [-0.2, 0) is 81.8 Å². The second kappa shape index (κ2) is 18.1. The smallest absolute Gasteiger partial charge is 0.347 e. The first-order chi connectivity index (χ1) is 23.9. The van der Waals surface area contributed by atoms with Crippen LogP contribution in [-0.4, -0.2) is 107 Å². The summed E-state index contributed by atoms with van der Waals surface area (Å²) in [7, 11) is -8.41. The molecule has 19 nitrogen and oxygen atoms in total. The highest BCUT2D eigenvalue weighted by Crippen LogP contribution is 2.42. The van der Waals surface area contributed by atoms with E-state index in [0.29, 0.717) is 17.9 Å². The Morgan fingerprint density at radius 2 is 1.13 bits per heavy atom. The molecule has 2 heterocycles. The van der Waals surface area contributed by atoms with Crippen LogP contribution in [0.5, 0.6) is 0 Å². The number of hydrogen-bond donors (Lipinski definition) is 2. The Hall–Kier alpha value is -4.15. The Morgan fingerprint density at radius 3 is 1.52 bits per heavy atom. The molecule has 1 amide bonds. The van der Waals surface area contributed by atoms with Crippen LogP contribution in [0.4, 0.5) is 0 Å². The second-order valence-corrected chi connectivity index (χ2v) is 17.1. The van der Waals surface area contributed by atoms with Gasteiger partial charge in [-0.25, -0.2) is 45.5 Å². The van der Waals surface area contributed by atoms with Gasteiger partial charge in [-0.1, -0.05) is 6.92 Å². The summed E-state index contributed by atoms with van der Waals surface area (Å²) in [5.41, 5.74) is 0.268. The van der Waals surface area contributed by atoms with Crippen molar-refractivity contribution in [3.05, 3.63) is 11.6 Å². The Bertz CT molecular complexity index is 1770. The van der Waals surface area contributed by atoms with Gasteiger partial charge in [0, 0.05) is 18.5 Å². The number of rotatable bonds is 16. The molecule has 1 aliphatic rings. The van der Waals surface area contributed by atoms with Gasteiger partial charge in [0.2, 0.25) is 0 Å². The van der Waals surface area contributed by atoms with Gasteiger partial charge >= 0.3 is 35.8 Å². The van der Waals surface area contributed by atoms with Crippen molar-refractivity contribution < 1.29 is 78.8 Å². The van der Waals surface area contributed by atoms with E-state index < -0.39 is 114 Å². The largest absolute Gasteiger partial charge is 0.451 e. The van der Waals surface area contributed by atoms with Gasteiger partial charge < -0.3 is 33.7 Å². The van der Waals surface area contributed by atoms with E-state index in [2.05, 4.69) is 10.1 Å². The minimum atomic E-state index is -4.60. The molecule has 1 aromatic rings. The van der Waals surface area contributed by atoms with Gasteiger partial charge in [-0.05, 0) is 67.5 Å². The molecule has 0 aliphatic carbocycles. The summed E-state index contributed by atoms with van der Waals surface area (Å²) >= 11 is 0.491. The maximum atomic E-state index is 13.0. The molecule has 1 aliphatic heterocycles. The summed E-state index contributed by atoms with van der Waals surface area (Å²) in [6.45, 7) is 11.5. The van der Waals surface area contributed by atoms with E-state index >= 15 is 0 Å². The number of amides is 1. The molecule has 1 aromatic heterocycles.